The fraction of sp³-hybridized carbons (Fsp3) is 0.875. The zero-order chi connectivity index (χ0) is 9.02. The molecule has 0 radical (unpaired) electrons. The summed E-state index contributed by atoms with van der Waals surface area (Å²) in [4.78, 5) is 10.6. The van der Waals surface area contributed by atoms with Crippen LogP contribution in [0.3, 0.4) is 0 Å². The molecule has 0 aromatic rings. The number of aliphatic hydroxyl groups excluding tert-OH is 1. The molecule has 0 aromatic heterocycles. The number of aliphatic hydroxyl groups is 1. The van der Waals surface area contributed by atoms with Gasteiger partial charge in [-0.25, -0.2) is 0 Å². The van der Waals surface area contributed by atoms with E-state index < -0.39 is 18.0 Å². The van der Waals surface area contributed by atoms with Gasteiger partial charge in [0.25, 0.3) is 0 Å². The molecule has 0 saturated carbocycles. The first-order valence-electron chi connectivity index (χ1n) is 3.91. The predicted octanol–water partition coefficient (Wildman–Crippen LogP) is 1.11. The topological polar surface area (TPSA) is 57.5 Å². The van der Waals surface area contributed by atoms with Crippen LogP contribution in [0.2, 0.25) is 0 Å². The molecule has 3 nitrogen and oxygen atoms in total. The Balaban J connectivity index is 4.21. The number of aliphatic carboxylic acids is 1. The Bertz CT molecular complexity index is 131. The molecule has 0 aliphatic heterocycles. The van der Waals surface area contributed by atoms with E-state index in [1.807, 2.05) is 0 Å². The van der Waals surface area contributed by atoms with Crippen molar-refractivity contribution in [3.63, 3.8) is 0 Å². The van der Waals surface area contributed by atoms with Crippen molar-refractivity contribution in [1.29, 1.82) is 0 Å². The summed E-state index contributed by atoms with van der Waals surface area (Å²) in [6.45, 7) is 5.39. The van der Waals surface area contributed by atoms with Crippen LogP contribution in [0.5, 0.6) is 0 Å². The van der Waals surface area contributed by atoms with Crippen LogP contribution in [0.1, 0.15) is 27.2 Å². The first-order chi connectivity index (χ1) is 5.00. The van der Waals surface area contributed by atoms with Crippen molar-refractivity contribution < 1.29 is 15.0 Å². The highest BCUT2D eigenvalue weighted by molar-refractivity contribution is 5.70. The second-order valence-corrected chi connectivity index (χ2v) is 3.08. The van der Waals surface area contributed by atoms with Gasteiger partial charge in [0.2, 0.25) is 0 Å². The molecule has 0 bridgehead atoms. The van der Waals surface area contributed by atoms with Gasteiger partial charge in [-0.15, -0.1) is 0 Å². The van der Waals surface area contributed by atoms with Gasteiger partial charge in [-0.05, 0) is 12.3 Å². The summed E-state index contributed by atoms with van der Waals surface area (Å²) in [5.74, 6) is -1.54. The minimum atomic E-state index is -0.908. The smallest absolute Gasteiger partial charge is 0.309 e. The molecule has 2 N–H and O–H groups in total. The van der Waals surface area contributed by atoms with E-state index in [0.717, 1.165) is 0 Å². The minimum absolute atomic E-state index is 0.0116. The average Bonchev–Trinajstić information content (AvgIpc) is 1.85. The second kappa shape index (κ2) is 4.34. The standard InChI is InChI=1S/C8H16O3/c1-4-6(9)7(5(2)3)8(10)11/h5-7,9H,4H2,1-3H3,(H,10,11)/t6-,7-/m1/s1. The van der Waals surface area contributed by atoms with Crippen LogP contribution in [-0.2, 0) is 4.79 Å². The minimum Gasteiger partial charge on any atom is -0.481 e. The van der Waals surface area contributed by atoms with E-state index in [1.165, 1.54) is 0 Å². The van der Waals surface area contributed by atoms with E-state index >= 15 is 0 Å². The number of carboxylic acid groups (broad SMARTS) is 1. The molecule has 0 aliphatic rings. The van der Waals surface area contributed by atoms with Crippen molar-refractivity contribution in [1.82, 2.24) is 0 Å². The third-order valence-corrected chi connectivity index (χ3v) is 1.84. The summed E-state index contributed by atoms with van der Waals surface area (Å²) in [5, 5.41) is 18.0. The number of rotatable bonds is 4. The van der Waals surface area contributed by atoms with Gasteiger partial charge in [-0.1, -0.05) is 20.8 Å². The Kier molecular flexibility index (Phi) is 4.11. The van der Waals surface area contributed by atoms with Crippen LogP contribution in [0, 0.1) is 11.8 Å². The third-order valence-electron chi connectivity index (χ3n) is 1.84. The second-order valence-electron chi connectivity index (χ2n) is 3.08. The van der Waals surface area contributed by atoms with Crippen molar-refractivity contribution in [2.24, 2.45) is 11.8 Å². The third kappa shape index (κ3) is 2.89. The van der Waals surface area contributed by atoms with E-state index in [9.17, 15) is 9.90 Å². The van der Waals surface area contributed by atoms with E-state index in [0.29, 0.717) is 6.42 Å². The van der Waals surface area contributed by atoms with E-state index in [1.54, 1.807) is 20.8 Å². The Morgan fingerprint density at radius 3 is 2.00 bits per heavy atom. The molecule has 11 heavy (non-hydrogen) atoms. The van der Waals surface area contributed by atoms with E-state index in [2.05, 4.69) is 0 Å². The van der Waals surface area contributed by atoms with Crippen LogP contribution < -0.4 is 0 Å². The lowest BCUT2D eigenvalue weighted by atomic mass is 9.89. The molecule has 0 fully saturated rings. The average molecular weight is 160 g/mol. The maximum atomic E-state index is 10.6. The maximum Gasteiger partial charge on any atom is 0.309 e. The summed E-state index contributed by atoms with van der Waals surface area (Å²) >= 11 is 0. The monoisotopic (exact) mass is 160 g/mol. The van der Waals surface area contributed by atoms with Gasteiger partial charge < -0.3 is 10.2 Å². The highest BCUT2D eigenvalue weighted by atomic mass is 16.4. The molecule has 0 aromatic carbocycles. The Morgan fingerprint density at radius 2 is 1.91 bits per heavy atom. The van der Waals surface area contributed by atoms with Gasteiger partial charge in [0.05, 0.1) is 12.0 Å². The lowest BCUT2D eigenvalue weighted by Crippen LogP contribution is -2.31. The summed E-state index contributed by atoms with van der Waals surface area (Å²) in [6, 6.07) is 0. The molecule has 66 valence electrons. The summed E-state index contributed by atoms with van der Waals surface area (Å²) in [7, 11) is 0. The molecule has 0 saturated heterocycles. The molecule has 0 unspecified atom stereocenters. The SMILES string of the molecule is CC[C@@H](O)[C@H](C(=O)O)C(C)C. The maximum absolute atomic E-state index is 10.6. The first-order valence-corrected chi connectivity index (χ1v) is 3.91. The molecule has 3 heteroatoms. The normalized spacial score (nSPS) is 16.5. The predicted molar refractivity (Wildman–Crippen MR) is 42.3 cm³/mol. The van der Waals surface area contributed by atoms with Gasteiger partial charge >= 0.3 is 5.97 Å². The number of carbonyl (C=O) groups is 1. The molecule has 0 amide bonds. The van der Waals surface area contributed by atoms with E-state index in [-0.39, 0.29) is 5.92 Å². The fourth-order valence-corrected chi connectivity index (χ4v) is 1.15. The van der Waals surface area contributed by atoms with Gasteiger partial charge in [0.1, 0.15) is 0 Å². The lowest BCUT2D eigenvalue weighted by molar-refractivity contribution is -0.147. The van der Waals surface area contributed by atoms with Gasteiger partial charge in [0.15, 0.2) is 0 Å². The fourth-order valence-electron chi connectivity index (χ4n) is 1.15. The van der Waals surface area contributed by atoms with Crippen LogP contribution in [0.25, 0.3) is 0 Å². The molecular formula is C8H16O3. The van der Waals surface area contributed by atoms with Gasteiger partial charge in [0, 0.05) is 0 Å². The first kappa shape index (κ1) is 10.4. The zero-order valence-electron chi connectivity index (χ0n) is 7.24. The number of hydrogen-bond acceptors (Lipinski definition) is 2. The molecule has 0 heterocycles. The zero-order valence-corrected chi connectivity index (χ0v) is 7.24. The van der Waals surface area contributed by atoms with Gasteiger partial charge in [-0.2, -0.15) is 0 Å². The number of hydrogen-bond donors (Lipinski definition) is 2. The molecular weight excluding hydrogens is 144 g/mol. The Hall–Kier alpha value is -0.570. The van der Waals surface area contributed by atoms with Crippen molar-refractivity contribution in [2.45, 2.75) is 33.3 Å². The molecule has 0 spiro atoms. The molecule has 2 atom stereocenters. The van der Waals surface area contributed by atoms with Crippen LogP contribution >= 0.6 is 0 Å². The summed E-state index contributed by atoms with van der Waals surface area (Å²) < 4.78 is 0. The van der Waals surface area contributed by atoms with E-state index in [4.69, 9.17) is 5.11 Å². The van der Waals surface area contributed by atoms with Crippen LogP contribution in [0.4, 0.5) is 0 Å². The highest BCUT2D eigenvalue weighted by Crippen LogP contribution is 2.17. The van der Waals surface area contributed by atoms with Gasteiger partial charge in [-0.3, -0.25) is 4.79 Å². The van der Waals surface area contributed by atoms with Crippen molar-refractivity contribution in [3.8, 4) is 0 Å². The Labute approximate surface area is 67.0 Å². The molecule has 0 aliphatic carbocycles. The molecule has 0 rings (SSSR count). The summed E-state index contributed by atoms with van der Waals surface area (Å²) in [6.07, 6.45) is -0.220. The quantitative estimate of drug-likeness (QED) is 0.647. The number of carboxylic acids is 1. The van der Waals surface area contributed by atoms with Crippen LogP contribution in [-0.4, -0.2) is 22.3 Å². The largest absolute Gasteiger partial charge is 0.481 e. The van der Waals surface area contributed by atoms with Crippen molar-refractivity contribution >= 4 is 5.97 Å². The van der Waals surface area contributed by atoms with Crippen molar-refractivity contribution in [2.75, 3.05) is 0 Å². The van der Waals surface area contributed by atoms with Crippen LogP contribution in [0.15, 0.2) is 0 Å². The lowest BCUT2D eigenvalue weighted by Gasteiger charge is -2.20. The highest BCUT2D eigenvalue weighted by Gasteiger charge is 2.27. The Morgan fingerprint density at radius 1 is 1.45 bits per heavy atom. The summed E-state index contributed by atoms with van der Waals surface area (Å²) in [5.41, 5.74) is 0. The van der Waals surface area contributed by atoms with Crippen molar-refractivity contribution in [3.05, 3.63) is 0 Å².